The van der Waals surface area contributed by atoms with Crippen LogP contribution in [0.2, 0.25) is 0 Å². The first-order valence-corrected chi connectivity index (χ1v) is 10.8. The lowest BCUT2D eigenvalue weighted by atomic mass is 9.97. The number of rotatable bonds is 8. The summed E-state index contributed by atoms with van der Waals surface area (Å²) in [4.78, 5) is 15.6. The fourth-order valence-corrected chi connectivity index (χ4v) is 4.02. The van der Waals surface area contributed by atoms with Crippen molar-refractivity contribution < 1.29 is 19.3 Å². The van der Waals surface area contributed by atoms with Crippen LogP contribution in [0.5, 0.6) is 5.75 Å². The van der Waals surface area contributed by atoms with E-state index in [0.717, 1.165) is 50.6 Å². The van der Waals surface area contributed by atoms with Crippen molar-refractivity contribution in [2.75, 3.05) is 45.2 Å². The number of carbonyl (C=O) groups is 1. The molecule has 29 heavy (non-hydrogen) atoms. The van der Waals surface area contributed by atoms with Gasteiger partial charge in [0.1, 0.15) is 38.5 Å². The van der Waals surface area contributed by atoms with Crippen LogP contribution in [0, 0.1) is 0 Å². The van der Waals surface area contributed by atoms with Crippen molar-refractivity contribution in [3.63, 3.8) is 0 Å². The molecule has 1 heterocycles. The van der Waals surface area contributed by atoms with E-state index in [1.165, 1.54) is 16.0 Å². The van der Waals surface area contributed by atoms with E-state index < -0.39 is 0 Å². The third kappa shape index (κ3) is 6.05. The molecular weight excluding hydrogens is 362 g/mol. The van der Waals surface area contributed by atoms with Crippen molar-refractivity contribution in [2.45, 2.75) is 32.7 Å². The summed E-state index contributed by atoms with van der Waals surface area (Å²) in [5, 5.41) is 3.16. The molecule has 1 saturated heterocycles. The lowest BCUT2D eigenvalue weighted by Gasteiger charge is -2.29. The third-order valence-corrected chi connectivity index (χ3v) is 6.07. The second kappa shape index (κ2) is 10.4. The van der Waals surface area contributed by atoms with Crippen molar-refractivity contribution in [1.82, 2.24) is 0 Å². The van der Waals surface area contributed by atoms with E-state index in [1.807, 2.05) is 30.3 Å². The Labute approximate surface area is 174 Å². The highest BCUT2D eigenvalue weighted by Gasteiger charge is 2.25. The number of nitrogens with one attached hydrogen (secondary N) is 3. The average Bonchev–Trinajstić information content (AvgIpc) is 2.75. The van der Waals surface area contributed by atoms with Crippen LogP contribution in [-0.2, 0) is 11.3 Å². The molecule has 1 aliphatic rings. The lowest BCUT2D eigenvalue weighted by molar-refractivity contribution is -1.02. The predicted molar refractivity (Wildman–Crippen MR) is 117 cm³/mol. The Balaban J connectivity index is 1.46. The van der Waals surface area contributed by atoms with Gasteiger partial charge in [-0.15, -0.1) is 0 Å². The maximum atomic E-state index is 12.6. The molecule has 1 atom stereocenters. The number of hydrogen-bond acceptors (Lipinski definition) is 2. The van der Waals surface area contributed by atoms with E-state index >= 15 is 0 Å². The Kier molecular flexibility index (Phi) is 7.67. The molecule has 0 unspecified atom stereocenters. The number of methoxy groups -OCH3 is 1. The van der Waals surface area contributed by atoms with Gasteiger partial charge in [-0.1, -0.05) is 32.0 Å². The fraction of sp³-hybridized carbons (Fsp3) is 0.458. The van der Waals surface area contributed by atoms with E-state index in [-0.39, 0.29) is 5.91 Å². The van der Waals surface area contributed by atoms with Gasteiger partial charge < -0.3 is 19.9 Å². The number of carbonyl (C=O) groups excluding carboxylic acids is 1. The van der Waals surface area contributed by atoms with E-state index in [0.29, 0.717) is 12.5 Å². The molecule has 5 nitrogen and oxygen atoms in total. The number of hydrogen-bond donors (Lipinski definition) is 3. The first-order valence-electron chi connectivity index (χ1n) is 10.8. The quantitative estimate of drug-likeness (QED) is 0.625. The monoisotopic (exact) mass is 397 g/mol. The number of para-hydroxylation sites is 1. The zero-order valence-corrected chi connectivity index (χ0v) is 18.0. The molecule has 0 spiro atoms. The molecule has 1 aliphatic heterocycles. The third-order valence-electron chi connectivity index (χ3n) is 6.07. The van der Waals surface area contributed by atoms with Crippen LogP contribution in [0.25, 0.3) is 0 Å². The van der Waals surface area contributed by atoms with Crippen LogP contribution >= 0.6 is 0 Å². The molecule has 1 amide bonds. The van der Waals surface area contributed by atoms with Crippen LogP contribution in [0.3, 0.4) is 0 Å². The molecule has 5 heteroatoms. The Morgan fingerprint density at radius 2 is 1.69 bits per heavy atom. The summed E-state index contributed by atoms with van der Waals surface area (Å²) in [7, 11) is 1.70. The number of anilines is 1. The SMILES string of the molecule is CC[C@H](C)c1ccccc1NC(=O)C[NH+]1CC[NH+](Cc2ccc(OC)cc2)CC1. The lowest BCUT2D eigenvalue weighted by Crippen LogP contribution is -3.28. The largest absolute Gasteiger partial charge is 0.497 e. The molecule has 3 N–H and O–H groups in total. The van der Waals surface area contributed by atoms with Gasteiger partial charge in [-0.05, 0) is 48.2 Å². The van der Waals surface area contributed by atoms with Crippen LogP contribution in [0.15, 0.2) is 48.5 Å². The van der Waals surface area contributed by atoms with Gasteiger partial charge in [0, 0.05) is 11.3 Å². The van der Waals surface area contributed by atoms with Gasteiger partial charge in [-0.2, -0.15) is 0 Å². The highest BCUT2D eigenvalue weighted by molar-refractivity contribution is 5.92. The molecular formula is C24H35N3O2+2. The van der Waals surface area contributed by atoms with Crippen LogP contribution in [0.4, 0.5) is 5.69 Å². The maximum absolute atomic E-state index is 12.6. The first-order chi connectivity index (χ1) is 14.1. The Morgan fingerprint density at radius 3 is 2.34 bits per heavy atom. The molecule has 2 aromatic carbocycles. The number of amides is 1. The zero-order chi connectivity index (χ0) is 20.6. The second-order valence-corrected chi connectivity index (χ2v) is 8.15. The van der Waals surface area contributed by atoms with E-state index in [9.17, 15) is 4.79 Å². The summed E-state index contributed by atoms with van der Waals surface area (Å²) in [6.45, 7) is 10.2. The summed E-state index contributed by atoms with van der Waals surface area (Å²) in [5.74, 6) is 1.47. The molecule has 156 valence electrons. The number of ether oxygens (including phenoxy) is 1. The summed E-state index contributed by atoms with van der Waals surface area (Å²) < 4.78 is 5.23. The van der Waals surface area contributed by atoms with Gasteiger partial charge in [-0.25, -0.2) is 0 Å². The summed E-state index contributed by atoms with van der Waals surface area (Å²) in [5.41, 5.74) is 3.53. The van der Waals surface area contributed by atoms with Gasteiger partial charge in [0.25, 0.3) is 5.91 Å². The molecule has 1 fully saturated rings. The number of quaternary nitrogens is 2. The number of benzene rings is 2. The van der Waals surface area contributed by atoms with Gasteiger partial charge >= 0.3 is 0 Å². The van der Waals surface area contributed by atoms with Crippen molar-refractivity contribution in [3.8, 4) is 5.75 Å². The summed E-state index contributed by atoms with van der Waals surface area (Å²) >= 11 is 0. The zero-order valence-electron chi connectivity index (χ0n) is 18.0. The predicted octanol–water partition coefficient (Wildman–Crippen LogP) is 1.13. The van der Waals surface area contributed by atoms with Gasteiger partial charge in [0.05, 0.1) is 7.11 Å². The van der Waals surface area contributed by atoms with Gasteiger partial charge in [0.2, 0.25) is 0 Å². The van der Waals surface area contributed by atoms with E-state index in [1.54, 1.807) is 12.0 Å². The molecule has 0 radical (unpaired) electrons. The highest BCUT2D eigenvalue weighted by atomic mass is 16.5. The van der Waals surface area contributed by atoms with Crippen molar-refractivity contribution >= 4 is 11.6 Å². The molecule has 0 aromatic heterocycles. The van der Waals surface area contributed by atoms with Crippen LogP contribution in [-0.4, -0.2) is 45.7 Å². The molecule has 0 aliphatic carbocycles. The minimum absolute atomic E-state index is 0.120. The standard InChI is InChI=1S/C24H33N3O2/c1-4-19(2)22-7-5-6-8-23(22)25-24(28)18-27-15-13-26(14-16-27)17-20-9-11-21(29-3)12-10-20/h5-12,19H,4,13-18H2,1-3H3,(H,25,28)/p+2/t19-/m0/s1. The molecule has 0 saturated carbocycles. The Hall–Kier alpha value is -2.37. The smallest absolute Gasteiger partial charge is 0.279 e. The minimum atomic E-state index is 0.120. The normalized spacial score (nSPS) is 20.1. The second-order valence-electron chi connectivity index (χ2n) is 8.15. The topological polar surface area (TPSA) is 47.2 Å². The average molecular weight is 398 g/mol. The van der Waals surface area contributed by atoms with E-state index in [2.05, 4.69) is 37.4 Å². The maximum Gasteiger partial charge on any atom is 0.279 e. The van der Waals surface area contributed by atoms with Crippen molar-refractivity contribution in [2.24, 2.45) is 0 Å². The molecule has 3 rings (SSSR count). The van der Waals surface area contributed by atoms with Crippen molar-refractivity contribution in [3.05, 3.63) is 59.7 Å². The fourth-order valence-electron chi connectivity index (χ4n) is 4.02. The van der Waals surface area contributed by atoms with Crippen molar-refractivity contribution in [1.29, 1.82) is 0 Å². The summed E-state index contributed by atoms with van der Waals surface area (Å²) in [6, 6.07) is 16.5. The Morgan fingerprint density at radius 1 is 1.03 bits per heavy atom. The molecule has 2 aromatic rings. The number of piperazine rings is 1. The Bertz CT molecular complexity index is 783. The van der Waals surface area contributed by atoms with Crippen LogP contribution < -0.4 is 19.9 Å². The van der Waals surface area contributed by atoms with Gasteiger partial charge in [0.15, 0.2) is 6.54 Å². The first kappa shape index (κ1) is 21.3. The molecule has 0 bridgehead atoms. The van der Waals surface area contributed by atoms with Crippen LogP contribution in [0.1, 0.15) is 37.3 Å². The highest BCUT2D eigenvalue weighted by Crippen LogP contribution is 2.26. The minimum Gasteiger partial charge on any atom is -0.497 e. The van der Waals surface area contributed by atoms with Gasteiger partial charge in [-0.3, -0.25) is 4.79 Å². The summed E-state index contributed by atoms with van der Waals surface area (Å²) in [6.07, 6.45) is 1.07. The van der Waals surface area contributed by atoms with E-state index in [4.69, 9.17) is 4.74 Å².